The molecule has 0 amide bonds. The summed E-state index contributed by atoms with van der Waals surface area (Å²) >= 11 is 1.93. The first kappa shape index (κ1) is 16.2. The molecule has 0 heterocycles. The van der Waals surface area contributed by atoms with E-state index in [2.05, 4.69) is 25.4 Å². The molecule has 1 unspecified atom stereocenters. The van der Waals surface area contributed by atoms with Crippen molar-refractivity contribution < 1.29 is 5.11 Å². The minimum absolute atomic E-state index is 0.275. The van der Waals surface area contributed by atoms with Gasteiger partial charge in [0.05, 0.1) is 6.10 Å². The Kier molecular flexibility index (Phi) is 8.46. The van der Waals surface area contributed by atoms with E-state index in [9.17, 15) is 5.11 Å². The fraction of sp³-hybridized carbons (Fsp3) is 1.00. The third-order valence-electron chi connectivity index (χ3n) is 3.12. The van der Waals surface area contributed by atoms with Crippen LogP contribution in [0.3, 0.4) is 0 Å². The van der Waals surface area contributed by atoms with Gasteiger partial charge in [0.2, 0.25) is 0 Å². The minimum Gasteiger partial charge on any atom is -0.390 e. The Balaban J connectivity index is 3.86. The number of nitrogens with one attached hydrogen (secondary N) is 1. The lowest BCUT2D eigenvalue weighted by molar-refractivity contribution is 0.134. The van der Waals surface area contributed by atoms with Crippen LogP contribution in [0.5, 0.6) is 0 Å². The number of likely N-dealkylation sites (N-methyl/N-ethyl adjacent to an activating group) is 1. The highest BCUT2D eigenvalue weighted by Gasteiger charge is 2.24. The van der Waals surface area contributed by atoms with Crippen LogP contribution in [0.1, 0.15) is 26.7 Å². The molecule has 3 nitrogen and oxygen atoms in total. The van der Waals surface area contributed by atoms with Gasteiger partial charge in [0, 0.05) is 24.4 Å². The lowest BCUT2D eigenvalue weighted by atomic mass is 10.0. The average Bonchev–Trinajstić information content (AvgIpc) is 2.24. The maximum atomic E-state index is 9.72. The number of nitrogens with zero attached hydrogens (tertiary/aromatic N) is 1. The molecule has 0 saturated heterocycles. The molecule has 0 spiro atoms. The van der Waals surface area contributed by atoms with E-state index in [0.29, 0.717) is 11.3 Å². The number of hydrogen-bond donors (Lipinski definition) is 2. The number of hydrogen-bond acceptors (Lipinski definition) is 4. The van der Waals surface area contributed by atoms with E-state index in [1.165, 1.54) is 12.8 Å². The number of rotatable bonds is 9. The van der Waals surface area contributed by atoms with Gasteiger partial charge in [0.25, 0.3) is 0 Å². The van der Waals surface area contributed by atoms with E-state index >= 15 is 0 Å². The molecular formula is C12H28N2OS. The maximum Gasteiger partial charge on any atom is 0.0791 e. The molecule has 0 aliphatic rings. The van der Waals surface area contributed by atoms with E-state index in [-0.39, 0.29) is 6.10 Å². The Labute approximate surface area is 105 Å². The Morgan fingerprint density at radius 2 is 1.88 bits per heavy atom. The molecule has 0 aliphatic carbocycles. The Hall–Kier alpha value is 0.230. The molecule has 0 rings (SSSR count). The van der Waals surface area contributed by atoms with Crippen LogP contribution in [-0.4, -0.2) is 60.8 Å². The van der Waals surface area contributed by atoms with Crippen molar-refractivity contribution in [2.75, 3.05) is 40.0 Å². The zero-order valence-electron chi connectivity index (χ0n) is 11.4. The van der Waals surface area contributed by atoms with Gasteiger partial charge in [-0.05, 0) is 33.2 Å². The highest BCUT2D eigenvalue weighted by atomic mass is 32.2. The summed E-state index contributed by atoms with van der Waals surface area (Å²) in [5.41, 5.74) is 0. The van der Waals surface area contributed by atoms with Crippen LogP contribution in [-0.2, 0) is 0 Å². The second-order valence-corrected chi connectivity index (χ2v) is 5.92. The largest absolute Gasteiger partial charge is 0.390 e. The summed E-state index contributed by atoms with van der Waals surface area (Å²) in [6, 6.07) is 0. The fourth-order valence-corrected chi connectivity index (χ4v) is 2.64. The van der Waals surface area contributed by atoms with Crippen LogP contribution in [0.2, 0.25) is 0 Å². The van der Waals surface area contributed by atoms with Gasteiger partial charge in [-0.25, -0.2) is 0 Å². The third kappa shape index (κ3) is 6.09. The summed E-state index contributed by atoms with van der Waals surface area (Å²) in [5, 5.41) is 13.1. The summed E-state index contributed by atoms with van der Waals surface area (Å²) in [6.07, 6.45) is 4.23. The van der Waals surface area contributed by atoms with Crippen LogP contribution < -0.4 is 5.32 Å². The predicted octanol–water partition coefficient (Wildman–Crippen LogP) is 1.42. The molecule has 0 aromatic rings. The van der Waals surface area contributed by atoms with E-state index in [1.54, 1.807) is 0 Å². The zero-order chi connectivity index (χ0) is 12.6. The minimum atomic E-state index is -0.275. The van der Waals surface area contributed by atoms with Crippen LogP contribution in [0.15, 0.2) is 0 Å². The first-order chi connectivity index (χ1) is 7.49. The average molecular weight is 248 g/mol. The van der Waals surface area contributed by atoms with Crippen molar-refractivity contribution in [1.29, 1.82) is 0 Å². The van der Waals surface area contributed by atoms with Crippen molar-refractivity contribution in [3.05, 3.63) is 0 Å². The molecule has 0 fully saturated rings. The molecule has 0 aliphatic heterocycles. The Morgan fingerprint density at radius 1 is 1.31 bits per heavy atom. The molecule has 1 atom stereocenters. The normalized spacial score (nSPS) is 14.4. The predicted molar refractivity (Wildman–Crippen MR) is 74.3 cm³/mol. The van der Waals surface area contributed by atoms with Crippen molar-refractivity contribution in [2.24, 2.45) is 0 Å². The van der Waals surface area contributed by atoms with Crippen LogP contribution in [0.4, 0.5) is 0 Å². The summed E-state index contributed by atoms with van der Waals surface area (Å²) in [7, 11) is 3.96. The molecule has 16 heavy (non-hydrogen) atoms. The number of aliphatic hydroxyl groups excluding tert-OH is 1. The van der Waals surface area contributed by atoms with E-state index < -0.39 is 0 Å². The van der Waals surface area contributed by atoms with E-state index in [4.69, 9.17) is 0 Å². The van der Waals surface area contributed by atoms with Gasteiger partial charge in [-0.3, -0.25) is 0 Å². The summed E-state index contributed by atoms with van der Waals surface area (Å²) in [5.74, 6) is 0. The molecule has 0 aromatic carbocycles. The van der Waals surface area contributed by atoms with Gasteiger partial charge in [-0.15, -0.1) is 0 Å². The highest BCUT2D eigenvalue weighted by Crippen LogP contribution is 2.29. The van der Waals surface area contributed by atoms with Gasteiger partial charge in [0.15, 0.2) is 0 Å². The molecule has 4 heteroatoms. The molecular weight excluding hydrogens is 220 g/mol. The summed E-state index contributed by atoms with van der Waals surface area (Å²) < 4.78 is 0.331. The Morgan fingerprint density at radius 3 is 2.25 bits per heavy atom. The first-order valence-electron chi connectivity index (χ1n) is 6.08. The second kappa shape index (κ2) is 8.34. The SMILES string of the molecule is CCC(CC)(CNCC(O)CN(C)C)SC. The standard InChI is InChI=1S/C12H28N2OS/c1-6-12(7-2,16-5)10-13-8-11(15)9-14(3)4/h11,13,15H,6-10H2,1-5H3. The molecule has 0 bridgehead atoms. The van der Waals surface area contributed by atoms with Crippen molar-refractivity contribution in [1.82, 2.24) is 10.2 Å². The van der Waals surface area contributed by atoms with Gasteiger partial charge in [-0.2, -0.15) is 11.8 Å². The molecule has 0 radical (unpaired) electrons. The van der Waals surface area contributed by atoms with Gasteiger partial charge in [0.1, 0.15) is 0 Å². The van der Waals surface area contributed by atoms with Crippen molar-refractivity contribution in [3.8, 4) is 0 Å². The highest BCUT2D eigenvalue weighted by molar-refractivity contribution is 8.00. The quantitative estimate of drug-likeness (QED) is 0.647. The van der Waals surface area contributed by atoms with Crippen LogP contribution in [0, 0.1) is 0 Å². The Bertz CT molecular complexity index is 164. The zero-order valence-corrected chi connectivity index (χ0v) is 12.2. The van der Waals surface area contributed by atoms with Crippen LogP contribution in [0.25, 0.3) is 0 Å². The maximum absolute atomic E-state index is 9.72. The molecule has 0 saturated carbocycles. The van der Waals surface area contributed by atoms with Gasteiger partial charge >= 0.3 is 0 Å². The number of thioether (sulfide) groups is 1. The summed E-state index contributed by atoms with van der Waals surface area (Å²) in [4.78, 5) is 2.01. The monoisotopic (exact) mass is 248 g/mol. The fourth-order valence-electron chi connectivity index (χ4n) is 1.81. The first-order valence-corrected chi connectivity index (χ1v) is 7.30. The van der Waals surface area contributed by atoms with Crippen molar-refractivity contribution in [2.45, 2.75) is 37.5 Å². The smallest absolute Gasteiger partial charge is 0.0791 e. The van der Waals surface area contributed by atoms with E-state index in [0.717, 1.165) is 13.1 Å². The van der Waals surface area contributed by atoms with E-state index in [1.807, 2.05) is 30.8 Å². The van der Waals surface area contributed by atoms with Gasteiger partial charge < -0.3 is 15.3 Å². The third-order valence-corrected chi connectivity index (χ3v) is 4.71. The molecule has 2 N–H and O–H groups in total. The van der Waals surface area contributed by atoms with Crippen molar-refractivity contribution >= 4 is 11.8 Å². The number of aliphatic hydroxyl groups is 1. The van der Waals surface area contributed by atoms with Crippen molar-refractivity contribution in [3.63, 3.8) is 0 Å². The topological polar surface area (TPSA) is 35.5 Å². The lowest BCUT2D eigenvalue weighted by Gasteiger charge is -2.30. The van der Waals surface area contributed by atoms with Crippen LogP contribution >= 0.6 is 11.8 Å². The second-order valence-electron chi connectivity index (χ2n) is 4.64. The lowest BCUT2D eigenvalue weighted by Crippen LogP contribution is -2.42. The summed E-state index contributed by atoms with van der Waals surface area (Å²) in [6.45, 7) is 6.85. The molecule has 98 valence electrons. The van der Waals surface area contributed by atoms with Gasteiger partial charge in [-0.1, -0.05) is 13.8 Å². The molecule has 0 aromatic heterocycles.